The minimum atomic E-state index is -0.220. The summed E-state index contributed by atoms with van der Waals surface area (Å²) in [5.41, 5.74) is 2.11. The van der Waals surface area contributed by atoms with E-state index in [0.29, 0.717) is 11.8 Å². The summed E-state index contributed by atoms with van der Waals surface area (Å²) in [5, 5.41) is 3.15. The van der Waals surface area contributed by atoms with Crippen molar-refractivity contribution in [2.45, 2.75) is 46.1 Å². The zero-order valence-electron chi connectivity index (χ0n) is 11.5. The van der Waals surface area contributed by atoms with Crippen molar-refractivity contribution >= 4 is 5.69 Å². The Morgan fingerprint density at radius 2 is 1.71 bits per heavy atom. The normalized spacial score (nSPS) is 11.4. The predicted molar refractivity (Wildman–Crippen MR) is 74.1 cm³/mol. The lowest BCUT2D eigenvalue weighted by Gasteiger charge is -2.23. The zero-order chi connectivity index (χ0) is 13.1. The van der Waals surface area contributed by atoms with Gasteiger partial charge in [-0.2, -0.15) is 0 Å². The van der Waals surface area contributed by atoms with Crippen LogP contribution in [0.1, 0.15) is 46.1 Å². The third kappa shape index (κ3) is 4.94. The van der Waals surface area contributed by atoms with Crippen LogP contribution >= 0.6 is 0 Å². The molecule has 0 aliphatic rings. The van der Waals surface area contributed by atoms with Crippen LogP contribution in [0.25, 0.3) is 0 Å². The molecule has 0 fully saturated rings. The van der Waals surface area contributed by atoms with E-state index in [9.17, 15) is 0 Å². The van der Waals surface area contributed by atoms with Crippen LogP contribution in [0.2, 0.25) is 0 Å². The monoisotopic (exact) mass is 233 g/mol. The van der Waals surface area contributed by atoms with E-state index in [2.05, 4.69) is 37.9 Å². The van der Waals surface area contributed by atoms with E-state index in [-0.39, 0.29) is 5.60 Å². The van der Waals surface area contributed by atoms with Gasteiger partial charge in [0.25, 0.3) is 0 Å². The second-order valence-electron chi connectivity index (χ2n) is 5.54. The van der Waals surface area contributed by atoms with Crippen LogP contribution in [0, 0.1) is 0 Å². The summed E-state index contributed by atoms with van der Waals surface area (Å²) in [6, 6.07) is 8.34. The van der Waals surface area contributed by atoms with Crippen molar-refractivity contribution in [3.05, 3.63) is 42.3 Å². The molecule has 0 saturated heterocycles. The van der Waals surface area contributed by atoms with Crippen molar-refractivity contribution in [1.82, 2.24) is 0 Å². The molecule has 0 aliphatic heterocycles. The maximum absolute atomic E-state index is 5.61. The van der Waals surface area contributed by atoms with E-state index in [1.54, 1.807) is 0 Å². The highest BCUT2D eigenvalue weighted by atomic mass is 16.5. The van der Waals surface area contributed by atoms with E-state index in [0.717, 1.165) is 5.69 Å². The van der Waals surface area contributed by atoms with Crippen LogP contribution in [0.4, 0.5) is 5.69 Å². The second kappa shape index (κ2) is 5.26. The van der Waals surface area contributed by atoms with Crippen molar-refractivity contribution in [2.24, 2.45) is 0 Å². The summed E-state index contributed by atoms with van der Waals surface area (Å²) >= 11 is 0. The van der Waals surface area contributed by atoms with E-state index in [1.165, 1.54) is 5.56 Å². The highest BCUT2D eigenvalue weighted by Gasteiger charge is 2.12. The minimum Gasteiger partial charge on any atom is -0.474 e. The first-order chi connectivity index (χ1) is 7.78. The standard InChI is InChI=1S/C15H23NO/c1-11(2)13-7-9-14(10-8-13)16-12(3)17-15(4,5)6/h7-11,16H,3H2,1-2,4-6H3. The SMILES string of the molecule is C=C(Nc1ccc(C(C)C)cc1)OC(C)(C)C. The van der Waals surface area contributed by atoms with Gasteiger partial charge in [-0.15, -0.1) is 0 Å². The number of anilines is 1. The Morgan fingerprint density at radius 1 is 1.18 bits per heavy atom. The average molecular weight is 233 g/mol. The van der Waals surface area contributed by atoms with Gasteiger partial charge < -0.3 is 10.1 Å². The van der Waals surface area contributed by atoms with Crippen LogP contribution < -0.4 is 5.32 Å². The van der Waals surface area contributed by atoms with Crippen LogP contribution in [0.3, 0.4) is 0 Å². The lowest BCUT2D eigenvalue weighted by Crippen LogP contribution is -2.21. The smallest absolute Gasteiger partial charge is 0.184 e. The maximum Gasteiger partial charge on any atom is 0.184 e. The van der Waals surface area contributed by atoms with Crippen molar-refractivity contribution in [2.75, 3.05) is 5.32 Å². The molecule has 17 heavy (non-hydrogen) atoms. The maximum atomic E-state index is 5.61. The fourth-order valence-corrected chi connectivity index (χ4v) is 1.51. The zero-order valence-corrected chi connectivity index (χ0v) is 11.5. The first-order valence-electron chi connectivity index (χ1n) is 6.03. The number of nitrogens with one attached hydrogen (secondary N) is 1. The molecule has 0 aromatic heterocycles. The molecule has 1 rings (SSSR count). The van der Waals surface area contributed by atoms with Gasteiger partial charge in [0.15, 0.2) is 5.88 Å². The van der Waals surface area contributed by atoms with E-state index in [1.807, 2.05) is 32.9 Å². The molecule has 2 heteroatoms. The quantitative estimate of drug-likeness (QED) is 0.773. The Balaban J connectivity index is 2.61. The fourth-order valence-electron chi connectivity index (χ4n) is 1.51. The molecule has 1 N–H and O–H groups in total. The minimum absolute atomic E-state index is 0.220. The van der Waals surface area contributed by atoms with Gasteiger partial charge in [-0.25, -0.2) is 0 Å². The Morgan fingerprint density at radius 3 is 2.12 bits per heavy atom. The van der Waals surface area contributed by atoms with Crippen LogP contribution in [0.15, 0.2) is 36.7 Å². The topological polar surface area (TPSA) is 21.3 Å². The predicted octanol–water partition coefficient (Wildman–Crippen LogP) is 4.51. The van der Waals surface area contributed by atoms with Crippen molar-refractivity contribution < 1.29 is 4.74 Å². The van der Waals surface area contributed by atoms with Crippen molar-refractivity contribution in [3.8, 4) is 0 Å². The lowest BCUT2D eigenvalue weighted by molar-refractivity contribution is 0.0565. The largest absolute Gasteiger partial charge is 0.474 e. The van der Waals surface area contributed by atoms with Gasteiger partial charge >= 0.3 is 0 Å². The summed E-state index contributed by atoms with van der Waals surface area (Å²) < 4.78 is 5.61. The molecule has 0 heterocycles. The van der Waals surface area contributed by atoms with Gasteiger partial charge in [0.1, 0.15) is 5.60 Å². The Kier molecular flexibility index (Phi) is 4.22. The lowest BCUT2D eigenvalue weighted by atomic mass is 10.0. The van der Waals surface area contributed by atoms with Crippen LogP contribution in [0.5, 0.6) is 0 Å². The molecule has 2 nitrogen and oxygen atoms in total. The molecule has 0 bridgehead atoms. The molecule has 0 radical (unpaired) electrons. The molecule has 94 valence electrons. The summed E-state index contributed by atoms with van der Waals surface area (Å²) in [6.45, 7) is 14.2. The van der Waals surface area contributed by atoms with E-state index in [4.69, 9.17) is 4.74 Å². The van der Waals surface area contributed by atoms with E-state index >= 15 is 0 Å². The Hall–Kier alpha value is -1.44. The molecule has 0 spiro atoms. The van der Waals surface area contributed by atoms with Crippen LogP contribution in [-0.4, -0.2) is 5.60 Å². The summed E-state index contributed by atoms with van der Waals surface area (Å²) in [5.74, 6) is 1.13. The van der Waals surface area contributed by atoms with Gasteiger partial charge in [0.2, 0.25) is 0 Å². The number of ether oxygens (including phenoxy) is 1. The molecule has 0 atom stereocenters. The van der Waals surface area contributed by atoms with Gasteiger partial charge in [-0.1, -0.05) is 26.0 Å². The number of hydrogen-bond acceptors (Lipinski definition) is 2. The number of hydrogen-bond donors (Lipinski definition) is 1. The first-order valence-corrected chi connectivity index (χ1v) is 6.03. The summed E-state index contributed by atoms with van der Waals surface area (Å²) in [6.07, 6.45) is 0. The molecule has 0 unspecified atom stereocenters. The van der Waals surface area contributed by atoms with Crippen molar-refractivity contribution in [1.29, 1.82) is 0 Å². The van der Waals surface area contributed by atoms with Gasteiger partial charge in [0.05, 0.1) is 0 Å². The Labute approximate surface area is 105 Å². The third-order valence-electron chi connectivity index (χ3n) is 2.29. The Bertz CT molecular complexity index is 371. The highest BCUT2D eigenvalue weighted by Crippen LogP contribution is 2.19. The molecule has 0 amide bonds. The molecule has 1 aromatic rings. The summed E-state index contributed by atoms with van der Waals surface area (Å²) in [4.78, 5) is 0. The second-order valence-corrected chi connectivity index (χ2v) is 5.54. The van der Waals surface area contributed by atoms with Crippen LogP contribution in [-0.2, 0) is 4.74 Å². The van der Waals surface area contributed by atoms with Gasteiger partial charge in [0, 0.05) is 5.69 Å². The number of benzene rings is 1. The summed E-state index contributed by atoms with van der Waals surface area (Å²) in [7, 11) is 0. The molecular weight excluding hydrogens is 210 g/mol. The molecular formula is C15H23NO. The molecule has 0 aliphatic carbocycles. The third-order valence-corrected chi connectivity index (χ3v) is 2.29. The van der Waals surface area contributed by atoms with Gasteiger partial charge in [-0.05, 0) is 51.0 Å². The van der Waals surface area contributed by atoms with Crippen molar-refractivity contribution in [3.63, 3.8) is 0 Å². The molecule has 0 saturated carbocycles. The average Bonchev–Trinajstić information content (AvgIpc) is 2.15. The molecule has 1 aromatic carbocycles. The van der Waals surface area contributed by atoms with Gasteiger partial charge in [-0.3, -0.25) is 0 Å². The highest BCUT2D eigenvalue weighted by molar-refractivity contribution is 5.48. The first kappa shape index (κ1) is 13.6. The number of rotatable bonds is 4. The fraction of sp³-hybridized carbons (Fsp3) is 0.467. The van der Waals surface area contributed by atoms with E-state index < -0.39 is 0 Å².